The molecule has 1 N–H and O–H groups in total. The van der Waals surface area contributed by atoms with Crippen LogP contribution in [-0.2, 0) is 0 Å². The summed E-state index contributed by atoms with van der Waals surface area (Å²) in [5, 5.41) is 8.26. The minimum Gasteiger partial charge on any atom is -0.392 e. The highest BCUT2D eigenvalue weighted by Crippen LogP contribution is 1.94. The highest BCUT2D eigenvalue weighted by atomic mass is 16.2. The summed E-state index contributed by atoms with van der Waals surface area (Å²) in [6, 6.07) is 0. The number of hydrogen-bond donors (Lipinski definition) is 1. The van der Waals surface area contributed by atoms with Crippen LogP contribution >= 0.6 is 0 Å². The molecule has 0 saturated heterocycles. The Morgan fingerprint density at radius 3 is 2.57 bits per heavy atom. The molecule has 0 aromatic heterocycles. The SMILES string of the molecule is [CH2]C/C(C)=C\CO. The van der Waals surface area contributed by atoms with Crippen molar-refractivity contribution in [2.45, 2.75) is 13.3 Å². The second-order valence-corrected chi connectivity index (χ2v) is 1.48. The fraction of sp³-hybridized carbons (Fsp3) is 0.500. The van der Waals surface area contributed by atoms with Crippen LogP contribution in [0.3, 0.4) is 0 Å². The molecule has 1 nitrogen and oxygen atoms in total. The molecular weight excluding hydrogens is 88.1 g/mol. The van der Waals surface area contributed by atoms with E-state index in [9.17, 15) is 0 Å². The van der Waals surface area contributed by atoms with Gasteiger partial charge in [-0.1, -0.05) is 11.6 Å². The number of aliphatic hydroxyl groups is 1. The van der Waals surface area contributed by atoms with E-state index in [1.54, 1.807) is 6.08 Å². The van der Waals surface area contributed by atoms with Crippen molar-refractivity contribution in [1.29, 1.82) is 0 Å². The molecule has 0 amide bonds. The van der Waals surface area contributed by atoms with Gasteiger partial charge in [-0.25, -0.2) is 0 Å². The molecule has 0 bridgehead atoms. The molecule has 0 spiro atoms. The van der Waals surface area contributed by atoms with Crippen molar-refractivity contribution in [2.75, 3.05) is 6.61 Å². The predicted octanol–water partition coefficient (Wildman–Crippen LogP) is 1.15. The standard InChI is InChI=1S/C6H11O/c1-3-6(2)4-5-7/h4,7H,1,3,5H2,2H3/b6-4-. The molecule has 41 valence electrons. The van der Waals surface area contributed by atoms with Crippen LogP contribution in [0, 0.1) is 6.92 Å². The van der Waals surface area contributed by atoms with Gasteiger partial charge in [0.25, 0.3) is 0 Å². The quantitative estimate of drug-likeness (QED) is 0.515. The highest BCUT2D eigenvalue weighted by Gasteiger charge is 1.77. The third-order valence-electron chi connectivity index (χ3n) is 0.834. The first kappa shape index (κ1) is 6.70. The van der Waals surface area contributed by atoms with Crippen molar-refractivity contribution >= 4 is 0 Å². The third kappa shape index (κ3) is 3.53. The molecule has 1 heteroatoms. The molecule has 1 radical (unpaired) electrons. The van der Waals surface area contributed by atoms with E-state index in [1.165, 1.54) is 0 Å². The summed E-state index contributed by atoms with van der Waals surface area (Å²) in [5.74, 6) is 0. The van der Waals surface area contributed by atoms with Gasteiger partial charge < -0.3 is 5.11 Å². The van der Waals surface area contributed by atoms with Gasteiger partial charge in [-0.05, 0) is 20.3 Å². The van der Waals surface area contributed by atoms with Crippen LogP contribution in [0.5, 0.6) is 0 Å². The number of allylic oxidation sites excluding steroid dienone is 1. The van der Waals surface area contributed by atoms with Crippen molar-refractivity contribution in [3.63, 3.8) is 0 Å². The normalized spacial score (nSPS) is 12.1. The maximum atomic E-state index is 8.26. The molecule has 0 rings (SSSR count). The van der Waals surface area contributed by atoms with Crippen LogP contribution < -0.4 is 0 Å². The highest BCUT2D eigenvalue weighted by molar-refractivity contribution is 4.97. The number of hydrogen-bond acceptors (Lipinski definition) is 1. The molecule has 0 aliphatic carbocycles. The predicted molar refractivity (Wildman–Crippen MR) is 30.8 cm³/mol. The zero-order valence-electron chi connectivity index (χ0n) is 4.65. The third-order valence-corrected chi connectivity index (χ3v) is 0.834. The van der Waals surface area contributed by atoms with E-state index in [1.807, 2.05) is 6.92 Å². The molecule has 0 aromatic carbocycles. The first-order valence-corrected chi connectivity index (χ1v) is 2.37. The van der Waals surface area contributed by atoms with E-state index in [-0.39, 0.29) is 6.61 Å². The Bertz CT molecular complexity index is 64.6. The zero-order chi connectivity index (χ0) is 5.70. The van der Waals surface area contributed by atoms with Crippen LogP contribution in [0.4, 0.5) is 0 Å². The van der Waals surface area contributed by atoms with Crippen molar-refractivity contribution < 1.29 is 5.11 Å². The van der Waals surface area contributed by atoms with Gasteiger partial charge in [0.05, 0.1) is 6.61 Å². The lowest BCUT2D eigenvalue weighted by molar-refractivity contribution is 0.341. The summed E-state index contributed by atoms with van der Waals surface area (Å²) >= 11 is 0. The number of rotatable bonds is 2. The summed E-state index contributed by atoms with van der Waals surface area (Å²) in [6.45, 7) is 5.71. The second-order valence-electron chi connectivity index (χ2n) is 1.48. The smallest absolute Gasteiger partial charge is 0.0614 e. The first-order valence-electron chi connectivity index (χ1n) is 2.37. The van der Waals surface area contributed by atoms with Crippen molar-refractivity contribution in [2.24, 2.45) is 0 Å². The van der Waals surface area contributed by atoms with Crippen molar-refractivity contribution in [3.05, 3.63) is 18.6 Å². The fourth-order valence-corrected chi connectivity index (χ4v) is 0.258. The maximum Gasteiger partial charge on any atom is 0.0614 e. The molecule has 0 heterocycles. The largest absolute Gasteiger partial charge is 0.392 e. The monoisotopic (exact) mass is 99.1 g/mol. The van der Waals surface area contributed by atoms with Crippen LogP contribution in [0.1, 0.15) is 13.3 Å². The molecule has 0 fully saturated rings. The molecule has 0 aliphatic heterocycles. The fourth-order valence-electron chi connectivity index (χ4n) is 0.258. The van der Waals surface area contributed by atoms with E-state index in [2.05, 4.69) is 6.92 Å². The van der Waals surface area contributed by atoms with Gasteiger partial charge in [0.2, 0.25) is 0 Å². The van der Waals surface area contributed by atoms with E-state index >= 15 is 0 Å². The van der Waals surface area contributed by atoms with Crippen LogP contribution in [0.25, 0.3) is 0 Å². The van der Waals surface area contributed by atoms with Crippen LogP contribution in [0.2, 0.25) is 0 Å². The van der Waals surface area contributed by atoms with Gasteiger partial charge in [0.1, 0.15) is 0 Å². The lowest BCUT2D eigenvalue weighted by Gasteiger charge is -1.88. The lowest BCUT2D eigenvalue weighted by atomic mass is 10.2. The van der Waals surface area contributed by atoms with Gasteiger partial charge in [-0.2, -0.15) is 0 Å². The van der Waals surface area contributed by atoms with E-state index in [0.29, 0.717) is 0 Å². The van der Waals surface area contributed by atoms with Gasteiger partial charge in [0.15, 0.2) is 0 Å². The van der Waals surface area contributed by atoms with Crippen LogP contribution in [0.15, 0.2) is 11.6 Å². The first-order chi connectivity index (χ1) is 3.31. The molecule has 0 unspecified atom stereocenters. The Kier molecular flexibility index (Phi) is 3.71. The van der Waals surface area contributed by atoms with Crippen molar-refractivity contribution in [1.82, 2.24) is 0 Å². The topological polar surface area (TPSA) is 20.2 Å². The average Bonchev–Trinajstić information content (AvgIpc) is 1.68. The molecule has 0 aromatic rings. The van der Waals surface area contributed by atoms with Crippen molar-refractivity contribution in [3.8, 4) is 0 Å². The summed E-state index contributed by atoms with van der Waals surface area (Å²) in [6.07, 6.45) is 2.55. The van der Waals surface area contributed by atoms with Crippen LogP contribution in [-0.4, -0.2) is 11.7 Å². The summed E-state index contributed by atoms with van der Waals surface area (Å²) in [4.78, 5) is 0. The van der Waals surface area contributed by atoms with Gasteiger partial charge in [-0.15, -0.1) is 0 Å². The summed E-state index contributed by atoms with van der Waals surface area (Å²) < 4.78 is 0. The average molecular weight is 99.2 g/mol. The molecule has 7 heavy (non-hydrogen) atoms. The molecule has 0 aliphatic rings. The van der Waals surface area contributed by atoms with E-state index in [4.69, 9.17) is 5.11 Å². The van der Waals surface area contributed by atoms with Gasteiger partial charge in [0, 0.05) is 0 Å². The minimum absolute atomic E-state index is 0.140. The summed E-state index contributed by atoms with van der Waals surface area (Å²) in [5.41, 5.74) is 1.14. The van der Waals surface area contributed by atoms with E-state index in [0.717, 1.165) is 12.0 Å². The number of aliphatic hydroxyl groups excluding tert-OH is 1. The molecule has 0 atom stereocenters. The molecular formula is C6H11O. The Morgan fingerprint density at radius 2 is 2.43 bits per heavy atom. The van der Waals surface area contributed by atoms with Gasteiger partial charge >= 0.3 is 0 Å². The lowest BCUT2D eigenvalue weighted by Crippen LogP contribution is -1.76. The Balaban J connectivity index is 3.29. The Hall–Kier alpha value is -0.300. The Morgan fingerprint density at radius 1 is 1.86 bits per heavy atom. The zero-order valence-corrected chi connectivity index (χ0v) is 4.65. The second kappa shape index (κ2) is 3.88. The van der Waals surface area contributed by atoms with Gasteiger partial charge in [-0.3, -0.25) is 0 Å². The van der Waals surface area contributed by atoms with E-state index < -0.39 is 0 Å². The summed E-state index contributed by atoms with van der Waals surface area (Å²) in [7, 11) is 0. The Labute approximate surface area is 44.7 Å². The minimum atomic E-state index is 0.140. The molecule has 0 saturated carbocycles. The maximum absolute atomic E-state index is 8.26.